The number of benzene rings is 1. The number of amides is 3. The molecule has 0 aliphatic carbocycles. The van der Waals surface area contributed by atoms with Gasteiger partial charge < -0.3 is 21.7 Å². The fraction of sp³-hybridized carbons (Fsp3) is 0.400. The zero-order valence-electron chi connectivity index (χ0n) is 13.7. The van der Waals surface area contributed by atoms with E-state index in [4.69, 9.17) is 17.3 Å². The minimum absolute atomic E-state index is 0. The minimum Gasteiger partial charge on any atom is -0.346 e. The van der Waals surface area contributed by atoms with Crippen molar-refractivity contribution in [1.82, 2.24) is 5.32 Å². The molecule has 24 heavy (non-hydrogen) atoms. The topological polar surface area (TPSA) is 113 Å². The van der Waals surface area contributed by atoms with Crippen LogP contribution in [0.15, 0.2) is 18.2 Å². The van der Waals surface area contributed by atoms with Crippen molar-refractivity contribution in [3.05, 3.63) is 23.2 Å². The molecule has 0 radical (unpaired) electrons. The highest BCUT2D eigenvalue weighted by Gasteiger charge is 2.17. The summed E-state index contributed by atoms with van der Waals surface area (Å²) < 4.78 is 0. The van der Waals surface area contributed by atoms with Crippen molar-refractivity contribution in [1.29, 1.82) is 0 Å². The van der Waals surface area contributed by atoms with Gasteiger partial charge in [0.15, 0.2) is 0 Å². The average molecular weight is 377 g/mol. The normalized spacial score (nSPS) is 11.2. The predicted octanol–water partition coefficient (Wildman–Crippen LogP) is 1.76. The lowest BCUT2D eigenvalue weighted by Crippen LogP contribution is -2.46. The van der Waals surface area contributed by atoms with E-state index in [0.717, 1.165) is 0 Å². The highest BCUT2D eigenvalue weighted by molar-refractivity contribution is 6.33. The Kier molecular flexibility index (Phi) is 9.35. The van der Waals surface area contributed by atoms with Crippen LogP contribution in [0.5, 0.6) is 0 Å². The number of carbonyl (C=O) groups is 3. The lowest BCUT2D eigenvalue weighted by molar-refractivity contribution is -0.125. The maximum Gasteiger partial charge on any atom is 0.243 e. The first kappa shape index (κ1) is 22.2. The second-order valence-electron chi connectivity index (χ2n) is 5.41. The van der Waals surface area contributed by atoms with E-state index in [1.54, 1.807) is 12.1 Å². The van der Waals surface area contributed by atoms with E-state index >= 15 is 0 Å². The van der Waals surface area contributed by atoms with Gasteiger partial charge in [-0.15, -0.1) is 12.4 Å². The molecule has 1 aromatic rings. The number of anilines is 2. The number of rotatable bonds is 6. The smallest absolute Gasteiger partial charge is 0.243 e. The number of hydrogen-bond donors (Lipinski definition) is 4. The van der Waals surface area contributed by atoms with Crippen LogP contribution < -0.4 is 21.7 Å². The van der Waals surface area contributed by atoms with Gasteiger partial charge in [-0.1, -0.05) is 25.4 Å². The monoisotopic (exact) mass is 376 g/mol. The third-order valence-electron chi connectivity index (χ3n) is 3.00. The Morgan fingerprint density at radius 1 is 1.21 bits per heavy atom. The van der Waals surface area contributed by atoms with E-state index in [0.29, 0.717) is 16.4 Å². The third kappa shape index (κ3) is 7.16. The number of nitrogens with two attached hydrogens (primary N) is 1. The van der Waals surface area contributed by atoms with Gasteiger partial charge in [-0.2, -0.15) is 0 Å². The van der Waals surface area contributed by atoms with E-state index < -0.39 is 11.9 Å². The van der Waals surface area contributed by atoms with Gasteiger partial charge in [-0.3, -0.25) is 14.4 Å². The fourth-order valence-corrected chi connectivity index (χ4v) is 1.85. The van der Waals surface area contributed by atoms with Crippen LogP contribution in [0.3, 0.4) is 0 Å². The van der Waals surface area contributed by atoms with E-state index in [-0.39, 0.29) is 36.7 Å². The van der Waals surface area contributed by atoms with Gasteiger partial charge in [0.25, 0.3) is 0 Å². The largest absolute Gasteiger partial charge is 0.346 e. The van der Waals surface area contributed by atoms with Gasteiger partial charge in [-0.25, -0.2) is 0 Å². The van der Waals surface area contributed by atoms with Crippen molar-refractivity contribution >= 4 is 53.1 Å². The molecule has 5 N–H and O–H groups in total. The molecule has 9 heteroatoms. The Labute approximate surface area is 152 Å². The second-order valence-corrected chi connectivity index (χ2v) is 5.82. The predicted molar refractivity (Wildman–Crippen MR) is 97.5 cm³/mol. The standard InChI is InChI=1S/C15H21ClN4O3.ClH/c1-8(2)14(17)15(23)18-7-13(22)20-10-4-5-11(16)12(6-10)19-9(3)21;/h4-6,8,14H,7,17H2,1-3H3,(H,18,23)(H,19,21)(H,20,22);1H/t14-;/m0./s1. The lowest BCUT2D eigenvalue weighted by Gasteiger charge is -2.15. The molecule has 0 aliphatic heterocycles. The zero-order valence-corrected chi connectivity index (χ0v) is 15.3. The van der Waals surface area contributed by atoms with Gasteiger partial charge in [0.2, 0.25) is 17.7 Å². The number of nitrogens with one attached hydrogen (secondary N) is 3. The molecule has 1 rings (SSSR count). The van der Waals surface area contributed by atoms with Crippen LogP contribution in [-0.2, 0) is 14.4 Å². The van der Waals surface area contributed by atoms with Gasteiger partial charge in [-0.05, 0) is 24.1 Å². The first-order valence-corrected chi connectivity index (χ1v) is 7.48. The SMILES string of the molecule is CC(=O)Nc1cc(NC(=O)CNC(=O)[C@@H](N)C(C)C)ccc1Cl.Cl. The Hall–Kier alpha value is -1.83. The van der Waals surface area contributed by atoms with E-state index in [1.807, 2.05) is 13.8 Å². The Morgan fingerprint density at radius 2 is 1.83 bits per heavy atom. The van der Waals surface area contributed by atoms with E-state index in [2.05, 4.69) is 16.0 Å². The molecule has 1 aromatic carbocycles. The summed E-state index contributed by atoms with van der Waals surface area (Å²) in [7, 11) is 0. The van der Waals surface area contributed by atoms with Crippen molar-refractivity contribution in [3.8, 4) is 0 Å². The quantitative estimate of drug-likeness (QED) is 0.605. The molecule has 134 valence electrons. The van der Waals surface area contributed by atoms with Gasteiger partial charge in [0.1, 0.15) is 0 Å². The molecule has 0 heterocycles. The van der Waals surface area contributed by atoms with Crippen molar-refractivity contribution in [2.45, 2.75) is 26.8 Å². The Balaban J connectivity index is 0.00000529. The summed E-state index contributed by atoms with van der Waals surface area (Å²) in [4.78, 5) is 34.6. The zero-order chi connectivity index (χ0) is 17.6. The van der Waals surface area contributed by atoms with Crippen LogP contribution in [-0.4, -0.2) is 30.3 Å². The third-order valence-corrected chi connectivity index (χ3v) is 3.33. The molecule has 0 aliphatic rings. The Bertz CT molecular complexity index is 608. The van der Waals surface area contributed by atoms with E-state index in [9.17, 15) is 14.4 Å². The first-order chi connectivity index (χ1) is 10.7. The van der Waals surface area contributed by atoms with Crippen molar-refractivity contribution in [2.24, 2.45) is 11.7 Å². The lowest BCUT2D eigenvalue weighted by atomic mass is 10.1. The molecule has 1 atom stereocenters. The molecular formula is C15H22Cl2N4O3. The molecule has 0 fully saturated rings. The van der Waals surface area contributed by atoms with Gasteiger partial charge in [0, 0.05) is 12.6 Å². The van der Waals surface area contributed by atoms with Crippen molar-refractivity contribution < 1.29 is 14.4 Å². The molecule has 0 aromatic heterocycles. The van der Waals surface area contributed by atoms with Crippen LogP contribution in [0, 0.1) is 5.92 Å². The van der Waals surface area contributed by atoms with Gasteiger partial charge in [0.05, 0.1) is 23.3 Å². The summed E-state index contributed by atoms with van der Waals surface area (Å²) in [5.74, 6) is -1.09. The molecule has 0 bridgehead atoms. The molecule has 0 saturated heterocycles. The van der Waals surface area contributed by atoms with Crippen LogP contribution in [0.2, 0.25) is 5.02 Å². The summed E-state index contributed by atoms with van der Waals surface area (Å²) in [5, 5.41) is 7.98. The molecule has 0 spiro atoms. The van der Waals surface area contributed by atoms with Crippen LogP contribution in [0.1, 0.15) is 20.8 Å². The maximum absolute atomic E-state index is 11.8. The Morgan fingerprint density at radius 3 is 2.38 bits per heavy atom. The first-order valence-electron chi connectivity index (χ1n) is 7.11. The highest BCUT2D eigenvalue weighted by atomic mass is 35.5. The summed E-state index contributed by atoms with van der Waals surface area (Å²) in [6.07, 6.45) is 0. The highest BCUT2D eigenvalue weighted by Crippen LogP contribution is 2.25. The molecule has 7 nitrogen and oxygen atoms in total. The minimum atomic E-state index is -0.662. The summed E-state index contributed by atoms with van der Waals surface area (Å²) in [6.45, 7) is 4.80. The summed E-state index contributed by atoms with van der Waals surface area (Å²) in [5.41, 5.74) is 6.52. The fourth-order valence-electron chi connectivity index (χ4n) is 1.68. The molecular weight excluding hydrogens is 355 g/mol. The molecule has 0 saturated carbocycles. The van der Waals surface area contributed by atoms with Gasteiger partial charge >= 0.3 is 0 Å². The van der Waals surface area contributed by atoms with E-state index in [1.165, 1.54) is 13.0 Å². The number of carbonyl (C=O) groups excluding carboxylic acids is 3. The number of hydrogen-bond acceptors (Lipinski definition) is 4. The summed E-state index contributed by atoms with van der Waals surface area (Å²) in [6, 6.07) is 4.01. The average Bonchev–Trinajstić information content (AvgIpc) is 2.46. The molecule has 3 amide bonds. The van der Waals surface area contributed by atoms with Crippen LogP contribution >= 0.6 is 24.0 Å². The van der Waals surface area contributed by atoms with Crippen LogP contribution in [0.25, 0.3) is 0 Å². The number of halogens is 2. The van der Waals surface area contributed by atoms with Crippen LogP contribution in [0.4, 0.5) is 11.4 Å². The van der Waals surface area contributed by atoms with Crippen molar-refractivity contribution in [3.63, 3.8) is 0 Å². The summed E-state index contributed by atoms with van der Waals surface area (Å²) >= 11 is 5.95. The van der Waals surface area contributed by atoms with Crippen molar-refractivity contribution in [2.75, 3.05) is 17.2 Å². The maximum atomic E-state index is 11.8. The molecule has 0 unspecified atom stereocenters. The second kappa shape index (κ2) is 10.1.